The summed E-state index contributed by atoms with van der Waals surface area (Å²) in [5.41, 5.74) is 1.11. The molecule has 2 N–H and O–H groups in total. The zero-order valence-corrected chi connectivity index (χ0v) is 12.6. The van der Waals surface area contributed by atoms with E-state index in [9.17, 15) is 14.9 Å². The molecule has 0 radical (unpaired) electrons. The molecule has 0 aliphatic carbocycles. The molecule has 0 bridgehead atoms. The van der Waals surface area contributed by atoms with Crippen molar-refractivity contribution in [1.29, 1.82) is 0 Å². The number of rotatable bonds is 3. The molecule has 9 heteroatoms. The molecule has 2 aromatic rings. The molecule has 2 heterocycles. The Morgan fingerprint density at radius 2 is 2.36 bits per heavy atom. The first-order valence-electron chi connectivity index (χ1n) is 6.74. The average molecular weight is 322 g/mol. The molecule has 1 aliphatic rings. The van der Waals surface area contributed by atoms with Crippen LogP contribution in [0.25, 0.3) is 10.2 Å². The third-order valence-electron chi connectivity index (χ3n) is 3.65. The number of benzene rings is 1. The van der Waals surface area contributed by atoms with Crippen LogP contribution >= 0.6 is 11.3 Å². The Hall–Kier alpha value is -2.42. The predicted molar refractivity (Wildman–Crippen MR) is 82.8 cm³/mol. The van der Waals surface area contributed by atoms with Crippen molar-refractivity contribution in [2.75, 3.05) is 18.0 Å². The number of hydrogen-bond donors (Lipinski definition) is 2. The van der Waals surface area contributed by atoms with Crippen molar-refractivity contribution in [1.82, 2.24) is 10.3 Å². The fraction of sp³-hybridized carbons (Fsp3) is 0.385. The van der Waals surface area contributed by atoms with Gasteiger partial charge in [0.1, 0.15) is 11.2 Å². The number of nitrogens with zero attached hydrogens (tertiary/aromatic N) is 3. The SMILES string of the molecule is Cc1nc2c(N3CCC(NC(=O)O)C3)c([N+](=O)[O-])ccc2s1. The second kappa shape index (κ2) is 5.41. The Morgan fingerprint density at radius 3 is 3.05 bits per heavy atom. The van der Waals surface area contributed by atoms with Crippen LogP contribution in [0.3, 0.4) is 0 Å². The molecule has 3 rings (SSSR count). The summed E-state index contributed by atoms with van der Waals surface area (Å²) in [5.74, 6) is 0. The summed E-state index contributed by atoms with van der Waals surface area (Å²) >= 11 is 1.49. The number of nitrogens with one attached hydrogen (secondary N) is 1. The Kier molecular flexibility index (Phi) is 3.57. The van der Waals surface area contributed by atoms with Gasteiger partial charge in [-0.2, -0.15) is 0 Å². The van der Waals surface area contributed by atoms with Crippen molar-refractivity contribution < 1.29 is 14.8 Å². The first-order valence-corrected chi connectivity index (χ1v) is 7.56. The molecule has 1 aromatic carbocycles. The number of aryl methyl sites for hydroxylation is 1. The normalized spacial score (nSPS) is 17.9. The minimum Gasteiger partial charge on any atom is -0.465 e. The minimum absolute atomic E-state index is 0.00813. The van der Waals surface area contributed by atoms with Gasteiger partial charge in [-0.15, -0.1) is 11.3 Å². The molecular formula is C13H14N4O4S. The highest BCUT2D eigenvalue weighted by atomic mass is 32.1. The molecule has 1 amide bonds. The number of anilines is 1. The fourth-order valence-corrected chi connectivity index (χ4v) is 3.63. The fourth-order valence-electron chi connectivity index (χ4n) is 2.80. The van der Waals surface area contributed by atoms with Gasteiger partial charge in [-0.1, -0.05) is 0 Å². The van der Waals surface area contributed by atoms with Gasteiger partial charge in [-0.25, -0.2) is 9.78 Å². The van der Waals surface area contributed by atoms with Crippen LogP contribution in [0.1, 0.15) is 11.4 Å². The van der Waals surface area contributed by atoms with Crippen LogP contribution in [0.15, 0.2) is 12.1 Å². The quantitative estimate of drug-likeness (QED) is 0.663. The summed E-state index contributed by atoms with van der Waals surface area (Å²) in [6.45, 7) is 2.82. The van der Waals surface area contributed by atoms with Gasteiger partial charge in [-0.3, -0.25) is 10.1 Å². The summed E-state index contributed by atoms with van der Waals surface area (Å²) in [4.78, 5) is 27.9. The summed E-state index contributed by atoms with van der Waals surface area (Å²) in [7, 11) is 0. The summed E-state index contributed by atoms with van der Waals surface area (Å²) in [6.07, 6.45) is -0.466. The maximum Gasteiger partial charge on any atom is 0.404 e. The molecule has 8 nitrogen and oxygen atoms in total. The van der Waals surface area contributed by atoms with E-state index in [-0.39, 0.29) is 11.7 Å². The van der Waals surface area contributed by atoms with E-state index in [0.717, 1.165) is 9.71 Å². The molecule has 0 spiro atoms. The molecule has 1 aliphatic heterocycles. The van der Waals surface area contributed by atoms with Crippen molar-refractivity contribution >= 4 is 39.0 Å². The van der Waals surface area contributed by atoms with Crippen molar-refractivity contribution in [2.45, 2.75) is 19.4 Å². The number of fused-ring (bicyclic) bond motifs is 1. The van der Waals surface area contributed by atoms with E-state index in [2.05, 4.69) is 10.3 Å². The molecule has 0 saturated carbocycles. The number of carboxylic acid groups (broad SMARTS) is 1. The third-order valence-corrected chi connectivity index (χ3v) is 4.58. The average Bonchev–Trinajstić information content (AvgIpc) is 3.01. The zero-order chi connectivity index (χ0) is 15.9. The van der Waals surface area contributed by atoms with Gasteiger partial charge >= 0.3 is 6.09 Å². The van der Waals surface area contributed by atoms with Crippen LogP contribution in [0, 0.1) is 17.0 Å². The molecular weight excluding hydrogens is 308 g/mol. The maximum absolute atomic E-state index is 11.3. The third kappa shape index (κ3) is 2.54. The molecule has 1 fully saturated rings. The number of carbonyl (C=O) groups is 1. The second-order valence-electron chi connectivity index (χ2n) is 5.15. The van der Waals surface area contributed by atoms with E-state index >= 15 is 0 Å². The number of amides is 1. The standard InChI is InChI=1S/C13H14N4O4S/c1-7-14-11-10(22-7)3-2-9(17(20)21)12(11)16-5-4-8(6-16)15-13(18)19/h2-3,8,15H,4-6H2,1H3,(H,18,19). The molecule has 116 valence electrons. The molecule has 1 aromatic heterocycles. The molecule has 1 saturated heterocycles. The lowest BCUT2D eigenvalue weighted by atomic mass is 10.2. The van der Waals surface area contributed by atoms with Crippen LogP contribution in [0.2, 0.25) is 0 Å². The van der Waals surface area contributed by atoms with E-state index in [1.165, 1.54) is 17.4 Å². The van der Waals surface area contributed by atoms with E-state index in [0.29, 0.717) is 30.7 Å². The summed E-state index contributed by atoms with van der Waals surface area (Å²) < 4.78 is 0.896. The monoisotopic (exact) mass is 322 g/mol. The van der Waals surface area contributed by atoms with Gasteiger partial charge in [0.2, 0.25) is 0 Å². The van der Waals surface area contributed by atoms with Gasteiger partial charge in [-0.05, 0) is 19.4 Å². The minimum atomic E-state index is -1.08. The van der Waals surface area contributed by atoms with Crippen LogP contribution in [0.4, 0.5) is 16.2 Å². The largest absolute Gasteiger partial charge is 0.465 e. The molecule has 1 unspecified atom stereocenters. The Morgan fingerprint density at radius 1 is 1.59 bits per heavy atom. The maximum atomic E-state index is 11.3. The van der Waals surface area contributed by atoms with Crippen molar-refractivity contribution in [2.24, 2.45) is 0 Å². The number of aromatic nitrogens is 1. The number of nitro groups is 1. The first kappa shape index (κ1) is 14.5. The molecule has 1 atom stereocenters. The topological polar surface area (TPSA) is 109 Å². The second-order valence-corrected chi connectivity index (χ2v) is 6.39. The van der Waals surface area contributed by atoms with Gasteiger partial charge in [0.05, 0.1) is 20.7 Å². The highest BCUT2D eigenvalue weighted by Crippen LogP contribution is 2.39. The van der Waals surface area contributed by atoms with Crippen LogP contribution in [-0.4, -0.2) is 40.2 Å². The van der Waals surface area contributed by atoms with Crippen LogP contribution in [-0.2, 0) is 0 Å². The smallest absolute Gasteiger partial charge is 0.404 e. The van der Waals surface area contributed by atoms with Gasteiger partial charge in [0, 0.05) is 19.2 Å². The van der Waals surface area contributed by atoms with E-state index in [4.69, 9.17) is 5.11 Å². The Balaban J connectivity index is 2.03. The number of thiazole rings is 1. The molecule has 22 heavy (non-hydrogen) atoms. The van der Waals surface area contributed by atoms with E-state index in [1.807, 2.05) is 11.8 Å². The Labute approximate surface area is 129 Å². The van der Waals surface area contributed by atoms with Gasteiger partial charge in [0.15, 0.2) is 0 Å². The van der Waals surface area contributed by atoms with E-state index in [1.54, 1.807) is 6.07 Å². The van der Waals surface area contributed by atoms with Crippen LogP contribution < -0.4 is 10.2 Å². The lowest BCUT2D eigenvalue weighted by Gasteiger charge is -2.19. The summed E-state index contributed by atoms with van der Waals surface area (Å²) in [5, 5.41) is 23.4. The lowest BCUT2D eigenvalue weighted by molar-refractivity contribution is -0.384. The van der Waals surface area contributed by atoms with Crippen molar-refractivity contribution in [3.8, 4) is 0 Å². The van der Waals surface area contributed by atoms with Gasteiger partial charge < -0.3 is 15.3 Å². The van der Waals surface area contributed by atoms with Gasteiger partial charge in [0.25, 0.3) is 5.69 Å². The van der Waals surface area contributed by atoms with E-state index < -0.39 is 11.0 Å². The van der Waals surface area contributed by atoms with Crippen molar-refractivity contribution in [3.05, 3.63) is 27.3 Å². The van der Waals surface area contributed by atoms with Crippen LogP contribution in [0.5, 0.6) is 0 Å². The highest BCUT2D eigenvalue weighted by molar-refractivity contribution is 7.18. The number of nitro benzene ring substituents is 1. The van der Waals surface area contributed by atoms with Crippen molar-refractivity contribution in [3.63, 3.8) is 0 Å². The number of hydrogen-bond acceptors (Lipinski definition) is 6. The highest BCUT2D eigenvalue weighted by Gasteiger charge is 2.31. The summed E-state index contributed by atoms with van der Waals surface area (Å²) in [6, 6.07) is 2.98. The predicted octanol–water partition coefficient (Wildman–Crippen LogP) is 2.36. The first-order chi connectivity index (χ1) is 10.5. The lowest BCUT2D eigenvalue weighted by Crippen LogP contribution is -2.36. The zero-order valence-electron chi connectivity index (χ0n) is 11.8. The Bertz CT molecular complexity index is 760.